The van der Waals surface area contributed by atoms with E-state index in [4.69, 9.17) is 7.85 Å². The first-order valence-electron chi connectivity index (χ1n) is 4.21. The van der Waals surface area contributed by atoms with Crippen molar-refractivity contribution in [3.05, 3.63) is 39.4 Å². The van der Waals surface area contributed by atoms with E-state index in [-0.39, 0.29) is 5.69 Å². The van der Waals surface area contributed by atoms with Crippen LogP contribution in [0.1, 0.15) is 24.2 Å². The maximum Gasteiger partial charge on any atom is 0.275 e. The third-order valence-electron chi connectivity index (χ3n) is 1.97. The molecule has 5 heteroatoms. The summed E-state index contributed by atoms with van der Waals surface area (Å²) in [6.07, 6.45) is -0.556. The van der Waals surface area contributed by atoms with Crippen LogP contribution in [0.2, 0.25) is 0 Å². The van der Waals surface area contributed by atoms with E-state index in [2.05, 4.69) is 0 Å². The third kappa shape index (κ3) is 2.11. The molecule has 0 heterocycles. The molecule has 0 aliphatic rings. The van der Waals surface area contributed by atoms with Crippen LogP contribution in [0.5, 0.6) is 0 Å². The molecule has 1 rings (SSSR count). The monoisotopic (exact) mass is 191 g/mol. The smallest absolute Gasteiger partial charge is 0.275 e. The summed E-state index contributed by atoms with van der Waals surface area (Å²) in [5, 5.41) is 19.9. The van der Waals surface area contributed by atoms with Crippen molar-refractivity contribution in [2.24, 2.45) is 0 Å². The molecule has 0 spiro atoms. The van der Waals surface area contributed by atoms with Gasteiger partial charge in [-0.25, -0.2) is 0 Å². The fourth-order valence-electron chi connectivity index (χ4n) is 1.23. The van der Waals surface area contributed by atoms with E-state index >= 15 is 0 Å². The molecular weight excluding hydrogens is 181 g/mol. The molecule has 4 nitrogen and oxygen atoms in total. The molecule has 0 aromatic heterocycles. The molecule has 2 radical (unpaired) electrons. The minimum atomic E-state index is -0.859. The maximum atomic E-state index is 10.6. The molecule has 0 aliphatic carbocycles. The molecule has 0 saturated heterocycles. The molecule has 0 bridgehead atoms. The van der Waals surface area contributed by atoms with E-state index in [1.165, 1.54) is 13.0 Å². The van der Waals surface area contributed by atoms with E-state index < -0.39 is 11.0 Å². The molecule has 1 aromatic carbocycles. The van der Waals surface area contributed by atoms with E-state index in [0.717, 1.165) is 5.56 Å². The average molecular weight is 191 g/mol. The number of nitro benzene ring substituents is 1. The van der Waals surface area contributed by atoms with Crippen molar-refractivity contribution in [1.29, 1.82) is 0 Å². The molecule has 1 N–H and O–H groups in total. The van der Waals surface area contributed by atoms with E-state index in [1.807, 2.05) is 0 Å². The number of nitro groups is 1. The number of rotatable bonds is 3. The number of nitrogens with zero attached hydrogens (tertiary/aromatic N) is 1. The average Bonchev–Trinajstić information content (AvgIpc) is 2.16. The van der Waals surface area contributed by atoms with E-state index in [9.17, 15) is 15.2 Å². The van der Waals surface area contributed by atoms with Gasteiger partial charge < -0.3 is 5.11 Å². The molecular formula is C9H10BNO3. The van der Waals surface area contributed by atoms with Crippen molar-refractivity contribution < 1.29 is 10.0 Å². The Balaban J connectivity index is 3.24. The van der Waals surface area contributed by atoms with Gasteiger partial charge in [0.05, 0.1) is 24.4 Å². The van der Waals surface area contributed by atoms with Crippen LogP contribution in [0.4, 0.5) is 5.69 Å². The maximum absolute atomic E-state index is 10.6. The van der Waals surface area contributed by atoms with Gasteiger partial charge in [-0.3, -0.25) is 10.1 Å². The van der Waals surface area contributed by atoms with Gasteiger partial charge in [0.15, 0.2) is 0 Å². The minimum Gasteiger partial charge on any atom is -0.388 e. The van der Waals surface area contributed by atoms with Crippen LogP contribution in [-0.2, 0) is 6.32 Å². The predicted molar refractivity (Wildman–Crippen MR) is 53.2 cm³/mol. The molecule has 1 atom stereocenters. The van der Waals surface area contributed by atoms with Crippen LogP contribution in [-0.4, -0.2) is 17.9 Å². The van der Waals surface area contributed by atoms with E-state index in [0.29, 0.717) is 11.9 Å². The van der Waals surface area contributed by atoms with Gasteiger partial charge in [-0.15, -0.1) is 0 Å². The van der Waals surface area contributed by atoms with Crippen molar-refractivity contribution in [3.63, 3.8) is 0 Å². The number of aliphatic hydroxyl groups excluding tert-OH is 1. The van der Waals surface area contributed by atoms with Crippen LogP contribution >= 0.6 is 0 Å². The molecule has 0 fully saturated rings. The Kier molecular flexibility index (Phi) is 3.25. The normalized spacial score (nSPS) is 12.4. The van der Waals surface area contributed by atoms with Gasteiger partial charge in [0, 0.05) is 6.07 Å². The first kappa shape index (κ1) is 10.7. The lowest BCUT2D eigenvalue weighted by Gasteiger charge is -2.07. The molecule has 72 valence electrons. The molecule has 0 amide bonds. The summed E-state index contributed by atoms with van der Waals surface area (Å²) in [5.41, 5.74) is 1.00. The fourth-order valence-corrected chi connectivity index (χ4v) is 1.23. The van der Waals surface area contributed by atoms with Gasteiger partial charge >= 0.3 is 0 Å². The number of hydrogen-bond donors (Lipinski definition) is 1. The molecule has 1 aromatic rings. The Morgan fingerprint density at radius 3 is 2.71 bits per heavy atom. The van der Waals surface area contributed by atoms with Gasteiger partial charge in [-0.2, -0.15) is 0 Å². The van der Waals surface area contributed by atoms with Gasteiger partial charge in [0.1, 0.15) is 0 Å². The molecule has 0 aliphatic heterocycles. The Labute approximate surface area is 83.1 Å². The second kappa shape index (κ2) is 4.24. The summed E-state index contributed by atoms with van der Waals surface area (Å²) < 4.78 is 0. The van der Waals surface area contributed by atoms with Crippen LogP contribution in [0.3, 0.4) is 0 Å². The SMILES string of the molecule is [B]Cc1ccc([N+](=O)[O-])c(C(C)O)c1. The topological polar surface area (TPSA) is 63.4 Å². The van der Waals surface area contributed by atoms with Crippen molar-refractivity contribution in [1.82, 2.24) is 0 Å². The molecule has 1 unspecified atom stereocenters. The highest BCUT2D eigenvalue weighted by Crippen LogP contribution is 2.25. The second-order valence-corrected chi connectivity index (χ2v) is 3.03. The van der Waals surface area contributed by atoms with Crippen LogP contribution in [0.25, 0.3) is 0 Å². The highest BCUT2D eigenvalue weighted by molar-refractivity contribution is 6.08. The quantitative estimate of drug-likeness (QED) is 0.445. The second-order valence-electron chi connectivity index (χ2n) is 3.03. The Morgan fingerprint density at radius 1 is 1.64 bits per heavy atom. The number of hydrogen-bond acceptors (Lipinski definition) is 3. The first-order chi connectivity index (χ1) is 6.56. The van der Waals surface area contributed by atoms with Crippen molar-refractivity contribution in [2.45, 2.75) is 19.3 Å². The summed E-state index contributed by atoms with van der Waals surface area (Å²) in [5.74, 6) is 0. The summed E-state index contributed by atoms with van der Waals surface area (Å²) in [6.45, 7) is 1.49. The fraction of sp³-hybridized carbons (Fsp3) is 0.333. The Hall–Kier alpha value is -1.36. The number of benzene rings is 1. The standard InChI is InChI=1S/C9H10BNO3/c1-6(12)8-4-7(5-10)2-3-9(8)11(13)14/h2-4,6,12H,5H2,1H3. The lowest BCUT2D eigenvalue weighted by atomic mass is 9.94. The lowest BCUT2D eigenvalue weighted by molar-refractivity contribution is -0.386. The zero-order chi connectivity index (χ0) is 10.7. The lowest BCUT2D eigenvalue weighted by Crippen LogP contribution is -2.00. The van der Waals surface area contributed by atoms with Crippen LogP contribution in [0.15, 0.2) is 18.2 Å². The zero-order valence-corrected chi connectivity index (χ0v) is 7.80. The first-order valence-corrected chi connectivity index (χ1v) is 4.21. The Morgan fingerprint density at radius 2 is 2.29 bits per heavy atom. The summed E-state index contributed by atoms with van der Waals surface area (Å²) >= 11 is 0. The highest BCUT2D eigenvalue weighted by atomic mass is 16.6. The van der Waals surface area contributed by atoms with Gasteiger partial charge in [0.25, 0.3) is 5.69 Å². The van der Waals surface area contributed by atoms with Crippen LogP contribution in [0, 0.1) is 10.1 Å². The van der Waals surface area contributed by atoms with E-state index in [1.54, 1.807) is 12.1 Å². The van der Waals surface area contributed by atoms with Crippen molar-refractivity contribution in [2.75, 3.05) is 0 Å². The van der Waals surface area contributed by atoms with Gasteiger partial charge in [0.2, 0.25) is 0 Å². The summed E-state index contributed by atoms with van der Waals surface area (Å²) in [4.78, 5) is 10.1. The Bertz CT molecular complexity index is 352. The van der Waals surface area contributed by atoms with Crippen molar-refractivity contribution in [3.8, 4) is 0 Å². The van der Waals surface area contributed by atoms with Gasteiger partial charge in [-0.1, -0.05) is 17.9 Å². The highest BCUT2D eigenvalue weighted by Gasteiger charge is 2.17. The predicted octanol–water partition coefficient (Wildman–Crippen LogP) is 1.32. The van der Waals surface area contributed by atoms with Crippen LogP contribution < -0.4 is 0 Å². The molecule has 0 saturated carbocycles. The number of aliphatic hydroxyl groups is 1. The van der Waals surface area contributed by atoms with Gasteiger partial charge in [-0.05, 0) is 13.0 Å². The zero-order valence-electron chi connectivity index (χ0n) is 7.80. The van der Waals surface area contributed by atoms with Crippen molar-refractivity contribution >= 4 is 13.5 Å². The molecule has 14 heavy (non-hydrogen) atoms. The minimum absolute atomic E-state index is 0.0720. The largest absolute Gasteiger partial charge is 0.388 e. The summed E-state index contributed by atoms with van der Waals surface area (Å²) in [7, 11) is 5.39. The third-order valence-corrected chi connectivity index (χ3v) is 1.97. The summed E-state index contributed by atoms with van der Waals surface area (Å²) in [6, 6.07) is 4.51.